The summed E-state index contributed by atoms with van der Waals surface area (Å²) in [6.45, 7) is 3.37. The van der Waals surface area contributed by atoms with Gasteiger partial charge in [0.1, 0.15) is 11.4 Å². The largest absolute Gasteiger partial charge is 0.340 e. The Kier molecular flexibility index (Phi) is 4.14. The molecule has 2 heterocycles. The molecule has 0 atom stereocenters. The molecule has 1 aliphatic carbocycles. The molecule has 2 N–H and O–H groups in total. The van der Waals surface area contributed by atoms with Gasteiger partial charge in [-0.05, 0) is 30.5 Å². The molecule has 26 heavy (non-hydrogen) atoms. The van der Waals surface area contributed by atoms with Crippen molar-refractivity contribution < 1.29 is 18.8 Å². The third-order valence-electron chi connectivity index (χ3n) is 5.53. The first-order valence-corrected chi connectivity index (χ1v) is 8.84. The summed E-state index contributed by atoms with van der Waals surface area (Å²) in [5.41, 5.74) is 0.0464. The lowest BCUT2D eigenvalue weighted by Gasteiger charge is -2.44. The molecule has 0 bridgehead atoms. The van der Waals surface area contributed by atoms with Gasteiger partial charge in [-0.2, -0.15) is 0 Å². The highest BCUT2D eigenvalue weighted by molar-refractivity contribution is 6.08. The van der Waals surface area contributed by atoms with Crippen LogP contribution in [0.2, 0.25) is 0 Å². The van der Waals surface area contributed by atoms with Crippen LogP contribution in [0.4, 0.5) is 9.18 Å². The molecule has 3 aliphatic rings. The first kappa shape index (κ1) is 17.0. The Labute approximate surface area is 150 Å². The van der Waals surface area contributed by atoms with E-state index in [0.29, 0.717) is 32.5 Å². The fourth-order valence-electron chi connectivity index (χ4n) is 4.05. The molecule has 1 aromatic carbocycles. The van der Waals surface area contributed by atoms with Crippen molar-refractivity contribution in [3.63, 3.8) is 0 Å². The fourth-order valence-corrected chi connectivity index (χ4v) is 4.05. The van der Waals surface area contributed by atoms with Crippen molar-refractivity contribution in [3.8, 4) is 0 Å². The van der Waals surface area contributed by atoms with Gasteiger partial charge in [-0.15, -0.1) is 0 Å². The molecular weight excluding hydrogens is 339 g/mol. The van der Waals surface area contributed by atoms with E-state index in [9.17, 15) is 18.8 Å². The quantitative estimate of drug-likeness (QED) is 0.768. The zero-order chi connectivity index (χ0) is 18.3. The number of amides is 4. The monoisotopic (exact) mass is 360 g/mol. The lowest BCUT2D eigenvalue weighted by molar-refractivity contribution is -0.145. The molecule has 8 heteroatoms. The van der Waals surface area contributed by atoms with Crippen molar-refractivity contribution in [1.82, 2.24) is 20.4 Å². The SMILES string of the molecule is O=C1NC(=O)C2(CC(C(=O)N3CCN(Cc4cccc(F)c4)CC3)C2)N1. The summed E-state index contributed by atoms with van der Waals surface area (Å²) in [6.07, 6.45) is 0.736. The van der Waals surface area contributed by atoms with Crippen LogP contribution in [0.3, 0.4) is 0 Å². The molecule has 4 rings (SSSR count). The summed E-state index contributed by atoms with van der Waals surface area (Å²) < 4.78 is 13.3. The topological polar surface area (TPSA) is 81.8 Å². The van der Waals surface area contributed by atoms with Crippen molar-refractivity contribution in [2.45, 2.75) is 24.9 Å². The van der Waals surface area contributed by atoms with Gasteiger partial charge in [-0.25, -0.2) is 9.18 Å². The highest BCUT2D eigenvalue weighted by Crippen LogP contribution is 2.41. The van der Waals surface area contributed by atoms with Crippen molar-refractivity contribution >= 4 is 17.8 Å². The van der Waals surface area contributed by atoms with E-state index in [1.54, 1.807) is 6.07 Å². The molecule has 0 unspecified atom stereocenters. The second-order valence-electron chi connectivity index (χ2n) is 7.33. The molecule has 1 aromatic rings. The van der Waals surface area contributed by atoms with Crippen LogP contribution in [0.5, 0.6) is 0 Å². The number of benzene rings is 1. The second kappa shape index (κ2) is 6.35. The van der Waals surface area contributed by atoms with Crippen molar-refractivity contribution in [3.05, 3.63) is 35.6 Å². The van der Waals surface area contributed by atoms with E-state index in [1.165, 1.54) is 12.1 Å². The van der Waals surface area contributed by atoms with Crippen LogP contribution < -0.4 is 10.6 Å². The van der Waals surface area contributed by atoms with Crippen LogP contribution in [-0.2, 0) is 16.1 Å². The summed E-state index contributed by atoms with van der Waals surface area (Å²) in [5.74, 6) is -0.728. The van der Waals surface area contributed by atoms with Gasteiger partial charge in [0, 0.05) is 38.6 Å². The molecule has 2 aliphatic heterocycles. The van der Waals surface area contributed by atoms with Gasteiger partial charge in [0.2, 0.25) is 5.91 Å². The third kappa shape index (κ3) is 3.05. The summed E-state index contributed by atoms with van der Waals surface area (Å²) in [5, 5.41) is 4.87. The van der Waals surface area contributed by atoms with Crippen molar-refractivity contribution in [2.24, 2.45) is 5.92 Å². The standard InChI is InChI=1S/C18H21FN4O3/c19-14-3-1-2-12(8-14)11-22-4-6-23(7-5-22)15(24)13-9-18(10-13)16(25)20-17(26)21-18/h1-3,8,13H,4-7,9-11H2,(H2,20,21,25,26). The lowest BCUT2D eigenvalue weighted by Crippen LogP contribution is -2.61. The van der Waals surface area contributed by atoms with E-state index < -0.39 is 11.6 Å². The Morgan fingerprint density at radius 3 is 2.54 bits per heavy atom. The molecule has 1 saturated carbocycles. The van der Waals surface area contributed by atoms with Gasteiger partial charge in [-0.1, -0.05) is 12.1 Å². The molecule has 7 nitrogen and oxygen atoms in total. The molecule has 4 amide bonds. The molecule has 0 aromatic heterocycles. The molecule has 1 spiro atoms. The number of nitrogens with one attached hydrogen (secondary N) is 2. The normalized spacial score (nSPS) is 28.7. The molecule has 0 radical (unpaired) electrons. The van der Waals surface area contributed by atoms with Crippen LogP contribution in [0.1, 0.15) is 18.4 Å². The van der Waals surface area contributed by atoms with E-state index in [2.05, 4.69) is 15.5 Å². The number of carbonyl (C=O) groups excluding carboxylic acids is 3. The van der Waals surface area contributed by atoms with Crippen molar-refractivity contribution in [1.29, 1.82) is 0 Å². The molecular formula is C18H21FN4O3. The predicted octanol–water partition coefficient (Wildman–Crippen LogP) is 0.458. The fraction of sp³-hybridized carbons (Fsp3) is 0.500. The maximum atomic E-state index is 13.3. The number of piperazine rings is 1. The van der Waals surface area contributed by atoms with Gasteiger partial charge in [0.15, 0.2) is 0 Å². The van der Waals surface area contributed by atoms with E-state index in [-0.39, 0.29) is 23.5 Å². The van der Waals surface area contributed by atoms with E-state index in [1.807, 2.05) is 11.0 Å². The second-order valence-corrected chi connectivity index (χ2v) is 7.33. The van der Waals surface area contributed by atoms with Crippen LogP contribution >= 0.6 is 0 Å². The number of nitrogens with zero attached hydrogens (tertiary/aromatic N) is 2. The summed E-state index contributed by atoms with van der Waals surface area (Å²) in [4.78, 5) is 39.8. The van der Waals surface area contributed by atoms with Gasteiger partial charge in [0.25, 0.3) is 5.91 Å². The van der Waals surface area contributed by atoms with Crippen LogP contribution in [-0.4, -0.2) is 59.4 Å². The molecule has 138 valence electrons. The van der Waals surface area contributed by atoms with Crippen LogP contribution in [0, 0.1) is 11.7 Å². The minimum absolute atomic E-state index is 0.0509. The Morgan fingerprint density at radius 1 is 1.19 bits per heavy atom. The maximum absolute atomic E-state index is 13.3. The smallest absolute Gasteiger partial charge is 0.322 e. The summed E-state index contributed by atoms with van der Waals surface area (Å²) in [6, 6.07) is 6.08. The van der Waals surface area contributed by atoms with E-state index >= 15 is 0 Å². The predicted molar refractivity (Wildman–Crippen MR) is 90.4 cm³/mol. The van der Waals surface area contributed by atoms with Gasteiger partial charge >= 0.3 is 6.03 Å². The number of hydrogen-bond donors (Lipinski definition) is 2. The van der Waals surface area contributed by atoms with Gasteiger partial charge in [-0.3, -0.25) is 19.8 Å². The Balaban J connectivity index is 1.27. The Morgan fingerprint density at radius 2 is 1.92 bits per heavy atom. The first-order chi connectivity index (χ1) is 12.4. The molecule has 3 fully saturated rings. The number of rotatable bonds is 3. The highest BCUT2D eigenvalue weighted by Gasteiger charge is 2.57. The number of halogens is 1. The lowest BCUT2D eigenvalue weighted by atomic mass is 9.67. The van der Waals surface area contributed by atoms with Gasteiger partial charge < -0.3 is 10.2 Å². The number of hydrogen-bond acceptors (Lipinski definition) is 4. The Bertz CT molecular complexity index is 755. The average molecular weight is 360 g/mol. The van der Waals surface area contributed by atoms with E-state index in [0.717, 1.165) is 18.7 Å². The first-order valence-electron chi connectivity index (χ1n) is 8.84. The highest BCUT2D eigenvalue weighted by atomic mass is 19.1. The summed E-state index contributed by atoms with van der Waals surface area (Å²) in [7, 11) is 0. The van der Waals surface area contributed by atoms with E-state index in [4.69, 9.17) is 0 Å². The van der Waals surface area contributed by atoms with Crippen molar-refractivity contribution in [2.75, 3.05) is 26.2 Å². The van der Waals surface area contributed by atoms with Gasteiger partial charge in [0.05, 0.1) is 0 Å². The minimum Gasteiger partial charge on any atom is -0.340 e. The number of carbonyl (C=O) groups is 3. The number of imide groups is 1. The average Bonchev–Trinajstić information content (AvgIpc) is 2.88. The zero-order valence-corrected chi connectivity index (χ0v) is 14.3. The third-order valence-corrected chi connectivity index (χ3v) is 5.53. The zero-order valence-electron chi connectivity index (χ0n) is 14.3. The Hall–Kier alpha value is -2.48. The maximum Gasteiger partial charge on any atom is 0.322 e. The summed E-state index contributed by atoms with van der Waals surface area (Å²) >= 11 is 0. The molecule has 2 saturated heterocycles. The minimum atomic E-state index is -0.878. The number of urea groups is 1. The van der Waals surface area contributed by atoms with Crippen LogP contribution in [0.25, 0.3) is 0 Å². The van der Waals surface area contributed by atoms with Crippen LogP contribution in [0.15, 0.2) is 24.3 Å².